The quantitative estimate of drug-likeness (QED) is 0.442. The predicted octanol–water partition coefficient (Wildman–Crippen LogP) is 4.10. The fourth-order valence-corrected chi connectivity index (χ4v) is 3.71. The van der Waals surface area contributed by atoms with Gasteiger partial charge in [0.2, 0.25) is 5.78 Å². The van der Waals surface area contributed by atoms with Gasteiger partial charge in [0.15, 0.2) is 12.4 Å². The lowest BCUT2D eigenvalue weighted by atomic mass is 10.1. The maximum atomic E-state index is 12.2. The Bertz CT molecular complexity index is 832. The molecule has 0 aliphatic rings. The number of hydrogen-bond donors (Lipinski definition) is 1. The fourth-order valence-electron chi connectivity index (χ4n) is 2.38. The molecule has 5 nitrogen and oxygen atoms in total. The highest BCUT2D eigenvalue weighted by Crippen LogP contribution is 2.23. The summed E-state index contributed by atoms with van der Waals surface area (Å²) in [7, 11) is 0. The zero-order valence-corrected chi connectivity index (χ0v) is 15.8. The summed E-state index contributed by atoms with van der Waals surface area (Å²) in [5.74, 6) is -1.08. The molecule has 0 amide bonds. The Balaban J connectivity index is 1.98. The Morgan fingerprint density at radius 1 is 1.29 bits per heavy atom. The summed E-state index contributed by atoms with van der Waals surface area (Å²) in [5.41, 5.74) is 2.03. The van der Waals surface area contributed by atoms with E-state index in [1.54, 1.807) is 19.9 Å². The normalized spacial score (nSPS) is 11.0. The third-order valence-corrected chi connectivity index (χ3v) is 4.98. The second kappa shape index (κ2) is 7.72. The molecule has 24 heavy (non-hydrogen) atoms. The minimum absolute atomic E-state index is 0.109. The van der Waals surface area contributed by atoms with Gasteiger partial charge in [0.25, 0.3) is 0 Å². The van der Waals surface area contributed by atoms with E-state index in [9.17, 15) is 14.4 Å². The van der Waals surface area contributed by atoms with E-state index in [4.69, 9.17) is 4.74 Å². The van der Waals surface area contributed by atoms with Crippen molar-refractivity contribution in [1.29, 1.82) is 0 Å². The van der Waals surface area contributed by atoms with Crippen molar-refractivity contribution < 1.29 is 19.1 Å². The first-order valence-corrected chi connectivity index (χ1v) is 8.74. The van der Waals surface area contributed by atoms with Crippen LogP contribution < -0.4 is 0 Å². The highest BCUT2D eigenvalue weighted by atomic mass is 79.9. The van der Waals surface area contributed by atoms with Crippen LogP contribution in [0.1, 0.15) is 43.9 Å². The van der Waals surface area contributed by atoms with Crippen molar-refractivity contribution in [2.75, 3.05) is 6.61 Å². The molecule has 0 unspecified atom stereocenters. The molecule has 0 aromatic carbocycles. The first-order valence-electron chi connectivity index (χ1n) is 7.13. The number of thiophene rings is 1. The molecule has 7 heteroatoms. The number of ether oxygens (including phenoxy) is 1. The van der Waals surface area contributed by atoms with Crippen LogP contribution in [0.15, 0.2) is 22.0 Å². The SMILES string of the molecule is CC(=O)c1c(C)[nH]c(C(=O)COC(=O)/C=C/c2ccc(Br)s2)c1C. The summed E-state index contributed by atoms with van der Waals surface area (Å²) >= 11 is 4.81. The number of carbonyl (C=O) groups excluding carboxylic acids is 3. The van der Waals surface area contributed by atoms with Crippen molar-refractivity contribution in [2.24, 2.45) is 0 Å². The summed E-state index contributed by atoms with van der Waals surface area (Å²) in [6, 6.07) is 3.74. The molecule has 0 saturated heterocycles. The lowest BCUT2D eigenvalue weighted by Crippen LogP contribution is -2.14. The average molecular weight is 410 g/mol. The molecule has 2 aromatic heterocycles. The lowest BCUT2D eigenvalue weighted by molar-refractivity contribution is -0.136. The average Bonchev–Trinajstić information content (AvgIpc) is 3.05. The molecule has 126 valence electrons. The topological polar surface area (TPSA) is 76.2 Å². The zero-order valence-electron chi connectivity index (χ0n) is 13.4. The first-order chi connectivity index (χ1) is 11.3. The third kappa shape index (κ3) is 4.30. The summed E-state index contributed by atoms with van der Waals surface area (Å²) < 4.78 is 5.93. The van der Waals surface area contributed by atoms with Crippen molar-refractivity contribution in [3.8, 4) is 0 Å². The molecule has 2 aromatic rings. The molecule has 0 bridgehead atoms. The number of aromatic amines is 1. The minimum atomic E-state index is -0.597. The van der Waals surface area contributed by atoms with Gasteiger partial charge in [0.1, 0.15) is 0 Å². The van der Waals surface area contributed by atoms with E-state index in [0.29, 0.717) is 22.5 Å². The highest BCUT2D eigenvalue weighted by molar-refractivity contribution is 9.11. The molecule has 0 atom stereocenters. The molecular weight excluding hydrogens is 394 g/mol. The second-order valence-corrected chi connectivity index (χ2v) is 7.68. The van der Waals surface area contributed by atoms with Crippen molar-refractivity contribution >= 4 is 50.9 Å². The van der Waals surface area contributed by atoms with E-state index in [1.807, 2.05) is 12.1 Å². The van der Waals surface area contributed by atoms with Gasteiger partial charge in [0.05, 0.1) is 9.48 Å². The maximum absolute atomic E-state index is 12.2. The van der Waals surface area contributed by atoms with Crippen LogP contribution in [0.2, 0.25) is 0 Å². The molecule has 1 N–H and O–H groups in total. The van der Waals surface area contributed by atoms with E-state index >= 15 is 0 Å². The number of aromatic nitrogens is 1. The lowest BCUT2D eigenvalue weighted by Gasteiger charge is -2.01. The van der Waals surface area contributed by atoms with Crippen LogP contribution in [0.5, 0.6) is 0 Å². The Hall–Kier alpha value is -1.99. The molecule has 0 spiro atoms. The molecular formula is C17H16BrNO4S. The number of ketones is 2. The molecule has 0 aliphatic carbocycles. The van der Waals surface area contributed by atoms with Gasteiger partial charge in [-0.15, -0.1) is 11.3 Å². The molecule has 2 rings (SSSR count). The first kappa shape index (κ1) is 18.4. The number of aryl methyl sites for hydroxylation is 1. The summed E-state index contributed by atoms with van der Waals surface area (Å²) in [5, 5.41) is 0. The van der Waals surface area contributed by atoms with E-state index in [-0.39, 0.29) is 18.2 Å². The summed E-state index contributed by atoms with van der Waals surface area (Å²) in [4.78, 5) is 39.3. The molecule has 0 radical (unpaired) electrons. The van der Waals surface area contributed by atoms with Crippen LogP contribution >= 0.6 is 27.3 Å². The van der Waals surface area contributed by atoms with Crippen molar-refractivity contribution in [3.63, 3.8) is 0 Å². The monoisotopic (exact) mass is 409 g/mol. The zero-order chi connectivity index (χ0) is 17.9. The summed E-state index contributed by atoms with van der Waals surface area (Å²) in [6.07, 6.45) is 2.90. The number of halogens is 1. The largest absolute Gasteiger partial charge is 0.454 e. The number of rotatable bonds is 6. The van der Waals surface area contributed by atoms with Gasteiger partial charge in [-0.3, -0.25) is 9.59 Å². The van der Waals surface area contributed by atoms with E-state index in [1.165, 1.54) is 24.3 Å². The van der Waals surface area contributed by atoms with Gasteiger partial charge < -0.3 is 9.72 Å². The standard InChI is InChI=1S/C17H16BrNO4S/c1-9-16(11(3)20)10(2)19-17(9)13(21)8-23-15(22)7-5-12-4-6-14(18)24-12/h4-7,19H,8H2,1-3H3/b7-5+. The number of H-pyrrole nitrogens is 1. The predicted molar refractivity (Wildman–Crippen MR) is 96.6 cm³/mol. The summed E-state index contributed by atoms with van der Waals surface area (Å²) in [6.45, 7) is 4.50. The molecule has 0 aliphatic heterocycles. The minimum Gasteiger partial charge on any atom is -0.454 e. The van der Waals surface area contributed by atoms with Crippen LogP contribution in [-0.4, -0.2) is 29.1 Å². The smallest absolute Gasteiger partial charge is 0.331 e. The third-order valence-electron chi connectivity index (χ3n) is 3.39. The highest BCUT2D eigenvalue weighted by Gasteiger charge is 2.20. The van der Waals surface area contributed by atoms with Gasteiger partial charge in [-0.2, -0.15) is 0 Å². The van der Waals surface area contributed by atoms with Crippen molar-refractivity contribution in [3.05, 3.63) is 49.4 Å². The number of carbonyl (C=O) groups is 3. The van der Waals surface area contributed by atoms with Gasteiger partial charge in [0, 0.05) is 22.2 Å². The maximum Gasteiger partial charge on any atom is 0.331 e. The van der Waals surface area contributed by atoms with Crippen LogP contribution in [0.3, 0.4) is 0 Å². The van der Waals surface area contributed by atoms with E-state index in [0.717, 1.165) is 8.66 Å². The van der Waals surface area contributed by atoms with Crippen LogP contribution in [0, 0.1) is 13.8 Å². The van der Waals surface area contributed by atoms with Gasteiger partial charge in [-0.25, -0.2) is 4.79 Å². The van der Waals surface area contributed by atoms with E-state index < -0.39 is 5.97 Å². The fraction of sp³-hybridized carbons (Fsp3) is 0.235. The van der Waals surface area contributed by atoms with Gasteiger partial charge >= 0.3 is 5.97 Å². The van der Waals surface area contributed by atoms with E-state index in [2.05, 4.69) is 20.9 Å². The Morgan fingerprint density at radius 3 is 2.54 bits per heavy atom. The number of hydrogen-bond acceptors (Lipinski definition) is 5. The molecule has 0 fully saturated rings. The molecule has 2 heterocycles. The Morgan fingerprint density at radius 2 is 2.00 bits per heavy atom. The number of esters is 1. The van der Waals surface area contributed by atoms with Crippen LogP contribution in [-0.2, 0) is 9.53 Å². The van der Waals surface area contributed by atoms with Crippen molar-refractivity contribution in [1.82, 2.24) is 4.98 Å². The van der Waals surface area contributed by atoms with Gasteiger partial charge in [-0.1, -0.05) is 0 Å². The Labute approximate surface area is 151 Å². The Kier molecular flexibility index (Phi) is 5.90. The molecule has 0 saturated carbocycles. The second-order valence-electron chi connectivity index (χ2n) is 5.19. The number of Topliss-reactive ketones (excluding diaryl/α,β-unsaturated/α-hetero) is 2. The van der Waals surface area contributed by atoms with Gasteiger partial charge in [-0.05, 0) is 60.5 Å². The van der Waals surface area contributed by atoms with Crippen LogP contribution in [0.4, 0.5) is 0 Å². The van der Waals surface area contributed by atoms with Crippen LogP contribution in [0.25, 0.3) is 6.08 Å². The van der Waals surface area contributed by atoms with Crippen molar-refractivity contribution in [2.45, 2.75) is 20.8 Å². The number of nitrogens with one attached hydrogen (secondary N) is 1.